The number of anilines is 2. The maximum Gasteiger partial charge on any atom is 0.222 e. The van der Waals surface area contributed by atoms with Gasteiger partial charge in [0.1, 0.15) is 5.75 Å². The number of amides is 1. The second-order valence-electron chi connectivity index (χ2n) is 6.66. The van der Waals surface area contributed by atoms with E-state index < -0.39 is 0 Å². The van der Waals surface area contributed by atoms with Crippen molar-refractivity contribution in [3.05, 3.63) is 18.2 Å². The standard InChI is InChI=1S/C17H25N3O2/c1-19-8-5-17(12-16(19)21)6-9-20(10-7-17)13-3-4-14(18)15(11-13)22-2/h3-4,11H,5-10,12,18H2,1-2H3. The van der Waals surface area contributed by atoms with Crippen LogP contribution >= 0.6 is 0 Å². The highest BCUT2D eigenvalue weighted by Crippen LogP contribution is 2.42. The lowest BCUT2D eigenvalue weighted by Crippen LogP contribution is -2.48. The molecule has 2 aliphatic heterocycles. The van der Waals surface area contributed by atoms with Crippen molar-refractivity contribution >= 4 is 17.3 Å². The molecule has 2 saturated heterocycles. The van der Waals surface area contributed by atoms with E-state index in [1.54, 1.807) is 7.11 Å². The van der Waals surface area contributed by atoms with Crippen LogP contribution in [0.3, 0.4) is 0 Å². The summed E-state index contributed by atoms with van der Waals surface area (Å²) in [4.78, 5) is 16.3. The first kappa shape index (κ1) is 15.0. The topological polar surface area (TPSA) is 58.8 Å². The fourth-order valence-electron chi connectivity index (χ4n) is 3.64. The number of nitrogens with two attached hydrogens (primary N) is 1. The van der Waals surface area contributed by atoms with Crippen molar-refractivity contribution in [3.8, 4) is 5.75 Å². The van der Waals surface area contributed by atoms with E-state index in [0.29, 0.717) is 18.0 Å². The van der Waals surface area contributed by atoms with Gasteiger partial charge in [-0.05, 0) is 36.8 Å². The van der Waals surface area contributed by atoms with Crippen molar-refractivity contribution in [3.63, 3.8) is 0 Å². The molecule has 0 unspecified atom stereocenters. The largest absolute Gasteiger partial charge is 0.495 e. The molecule has 5 heteroatoms. The van der Waals surface area contributed by atoms with E-state index in [9.17, 15) is 4.79 Å². The van der Waals surface area contributed by atoms with Crippen LogP contribution in [0.1, 0.15) is 25.7 Å². The number of methoxy groups -OCH3 is 1. The van der Waals surface area contributed by atoms with Crippen LogP contribution in [0.2, 0.25) is 0 Å². The molecule has 0 bridgehead atoms. The summed E-state index contributed by atoms with van der Waals surface area (Å²) in [6.07, 6.45) is 4.01. The van der Waals surface area contributed by atoms with Crippen molar-refractivity contribution in [1.82, 2.24) is 4.90 Å². The van der Waals surface area contributed by atoms with Gasteiger partial charge in [-0.1, -0.05) is 0 Å². The molecule has 5 nitrogen and oxygen atoms in total. The van der Waals surface area contributed by atoms with E-state index in [4.69, 9.17) is 10.5 Å². The second kappa shape index (κ2) is 5.71. The van der Waals surface area contributed by atoms with E-state index >= 15 is 0 Å². The number of nitrogens with zero attached hydrogens (tertiary/aromatic N) is 2. The minimum atomic E-state index is 0.220. The van der Waals surface area contributed by atoms with Crippen LogP contribution in [0.25, 0.3) is 0 Å². The normalized spacial score (nSPS) is 21.3. The summed E-state index contributed by atoms with van der Waals surface area (Å²) >= 11 is 0. The van der Waals surface area contributed by atoms with Gasteiger partial charge in [0.05, 0.1) is 12.8 Å². The van der Waals surface area contributed by atoms with Crippen LogP contribution in [-0.4, -0.2) is 44.6 Å². The molecule has 120 valence electrons. The average Bonchev–Trinajstić information content (AvgIpc) is 2.53. The van der Waals surface area contributed by atoms with Crippen molar-refractivity contribution in [1.29, 1.82) is 0 Å². The number of nitrogen functional groups attached to an aromatic ring is 1. The smallest absolute Gasteiger partial charge is 0.222 e. The van der Waals surface area contributed by atoms with Gasteiger partial charge in [0.25, 0.3) is 0 Å². The number of ether oxygens (including phenoxy) is 1. The molecule has 2 N–H and O–H groups in total. The second-order valence-corrected chi connectivity index (χ2v) is 6.66. The van der Waals surface area contributed by atoms with Gasteiger partial charge in [-0.2, -0.15) is 0 Å². The van der Waals surface area contributed by atoms with Gasteiger partial charge < -0.3 is 20.3 Å². The van der Waals surface area contributed by atoms with Gasteiger partial charge in [-0.3, -0.25) is 4.79 Å². The molecule has 1 spiro atoms. The molecule has 0 atom stereocenters. The zero-order valence-electron chi connectivity index (χ0n) is 13.5. The van der Waals surface area contributed by atoms with Gasteiger partial charge >= 0.3 is 0 Å². The van der Waals surface area contributed by atoms with Gasteiger partial charge in [-0.25, -0.2) is 0 Å². The lowest BCUT2D eigenvalue weighted by atomic mass is 9.71. The number of carbonyl (C=O) groups is 1. The lowest BCUT2D eigenvalue weighted by Gasteiger charge is -2.46. The molecule has 1 aromatic rings. The fourth-order valence-corrected chi connectivity index (χ4v) is 3.64. The Bertz CT molecular complexity index is 565. The molecule has 0 aliphatic carbocycles. The van der Waals surface area contributed by atoms with Crippen molar-refractivity contribution in [2.24, 2.45) is 5.41 Å². The Labute approximate surface area is 132 Å². The highest BCUT2D eigenvalue weighted by atomic mass is 16.5. The third kappa shape index (κ3) is 2.72. The Hall–Kier alpha value is -1.91. The minimum absolute atomic E-state index is 0.220. The van der Waals surface area contributed by atoms with Gasteiger partial charge in [-0.15, -0.1) is 0 Å². The Morgan fingerprint density at radius 3 is 2.50 bits per heavy atom. The van der Waals surface area contributed by atoms with Crippen molar-refractivity contribution in [2.45, 2.75) is 25.7 Å². The lowest BCUT2D eigenvalue weighted by molar-refractivity contribution is -0.137. The number of benzene rings is 1. The third-order valence-corrected chi connectivity index (χ3v) is 5.34. The summed E-state index contributed by atoms with van der Waals surface area (Å²) in [5.41, 5.74) is 7.92. The zero-order valence-corrected chi connectivity index (χ0v) is 13.5. The molecule has 2 heterocycles. The van der Waals surface area contributed by atoms with Crippen molar-refractivity contribution in [2.75, 3.05) is 44.4 Å². The number of hydrogen-bond donors (Lipinski definition) is 1. The molecule has 2 aliphatic rings. The van der Waals surface area contributed by atoms with Crippen LogP contribution in [0.15, 0.2) is 18.2 Å². The summed E-state index contributed by atoms with van der Waals surface area (Å²) in [6, 6.07) is 5.96. The molecule has 2 fully saturated rings. The molecule has 1 aromatic carbocycles. The van der Waals surface area contributed by atoms with Gasteiger partial charge in [0, 0.05) is 44.9 Å². The van der Waals surface area contributed by atoms with E-state index in [1.165, 1.54) is 0 Å². The Morgan fingerprint density at radius 2 is 1.86 bits per heavy atom. The quantitative estimate of drug-likeness (QED) is 0.850. The number of rotatable bonds is 2. The molecule has 0 aromatic heterocycles. The van der Waals surface area contributed by atoms with Gasteiger partial charge in [0.2, 0.25) is 5.91 Å². The predicted molar refractivity (Wildman–Crippen MR) is 88.2 cm³/mol. The molecule has 0 saturated carbocycles. The molecule has 3 rings (SSSR count). The van der Waals surface area contributed by atoms with E-state index in [2.05, 4.69) is 11.0 Å². The van der Waals surface area contributed by atoms with Gasteiger partial charge in [0.15, 0.2) is 0 Å². The highest BCUT2D eigenvalue weighted by molar-refractivity contribution is 5.77. The Kier molecular flexibility index (Phi) is 3.89. The van der Waals surface area contributed by atoms with Crippen LogP contribution in [0.4, 0.5) is 11.4 Å². The highest BCUT2D eigenvalue weighted by Gasteiger charge is 2.40. The Morgan fingerprint density at radius 1 is 1.18 bits per heavy atom. The molecule has 0 radical (unpaired) electrons. The van der Waals surface area contributed by atoms with Crippen LogP contribution < -0.4 is 15.4 Å². The van der Waals surface area contributed by atoms with Crippen LogP contribution in [0, 0.1) is 5.41 Å². The first-order chi connectivity index (χ1) is 10.5. The first-order valence-corrected chi connectivity index (χ1v) is 7.95. The summed E-state index contributed by atoms with van der Waals surface area (Å²) in [5, 5.41) is 0. The maximum absolute atomic E-state index is 12.0. The number of carbonyl (C=O) groups excluding carboxylic acids is 1. The number of piperidine rings is 2. The Balaban J connectivity index is 1.68. The summed E-state index contributed by atoms with van der Waals surface area (Å²) < 4.78 is 5.31. The molecular weight excluding hydrogens is 278 g/mol. The average molecular weight is 303 g/mol. The molecular formula is C17H25N3O2. The van der Waals surface area contributed by atoms with E-state index in [1.807, 2.05) is 24.1 Å². The van der Waals surface area contributed by atoms with Crippen LogP contribution in [-0.2, 0) is 4.79 Å². The van der Waals surface area contributed by atoms with Crippen molar-refractivity contribution < 1.29 is 9.53 Å². The SMILES string of the molecule is COc1cc(N2CCC3(CCN(C)C(=O)C3)CC2)ccc1N. The third-order valence-electron chi connectivity index (χ3n) is 5.34. The van der Waals surface area contributed by atoms with E-state index in [-0.39, 0.29) is 5.41 Å². The predicted octanol–water partition coefficient (Wildman–Crippen LogP) is 2.12. The van der Waals surface area contributed by atoms with E-state index in [0.717, 1.165) is 50.3 Å². The first-order valence-electron chi connectivity index (χ1n) is 7.95. The number of likely N-dealkylation sites (tertiary alicyclic amines) is 1. The monoisotopic (exact) mass is 303 g/mol. The molecule has 22 heavy (non-hydrogen) atoms. The van der Waals surface area contributed by atoms with Crippen LogP contribution in [0.5, 0.6) is 5.75 Å². The summed E-state index contributed by atoms with van der Waals surface area (Å²) in [5.74, 6) is 1.03. The zero-order chi connectivity index (χ0) is 15.7. The summed E-state index contributed by atoms with van der Waals surface area (Å²) in [7, 11) is 3.55. The maximum atomic E-state index is 12.0. The number of hydrogen-bond acceptors (Lipinski definition) is 4. The minimum Gasteiger partial charge on any atom is -0.495 e. The summed E-state index contributed by atoms with van der Waals surface area (Å²) in [6.45, 7) is 2.88. The molecule has 1 amide bonds. The fraction of sp³-hybridized carbons (Fsp3) is 0.588.